The van der Waals surface area contributed by atoms with Crippen molar-refractivity contribution in [3.63, 3.8) is 0 Å². The number of hydrogen-bond acceptors (Lipinski definition) is 2. The lowest BCUT2D eigenvalue weighted by atomic mass is 10.2. The summed E-state index contributed by atoms with van der Waals surface area (Å²) in [6.07, 6.45) is 2.96. The van der Waals surface area contributed by atoms with Gasteiger partial charge in [-0.1, -0.05) is 22.4 Å². The summed E-state index contributed by atoms with van der Waals surface area (Å²) in [4.78, 5) is 11.1. The standard InChI is InChI=1S/C10H20BrNO2/c1-10(2,3)14-9(13)12-8-6-4-5-7-11/h4-8H2,1-3H3,(H,12,13). The second kappa shape index (κ2) is 7.10. The Labute approximate surface area is 94.7 Å². The number of carbonyl (C=O) groups excluding carboxylic acids is 1. The number of alkyl halides is 1. The first-order valence-corrected chi connectivity index (χ1v) is 6.10. The number of ether oxygens (including phenoxy) is 1. The summed E-state index contributed by atoms with van der Waals surface area (Å²) >= 11 is 3.36. The van der Waals surface area contributed by atoms with Crippen LogP contribution in [0.2, 0.25) is 0 Å². The normalized spacial score (nSPS) is 11.1. The van der Waals surface area contributed by atoms with E-state index < -0.39 is 5.60 Å². The molecule has 1 amide bonds. The van der Waals surface area contributed by atoms with Gasteiger partial charge in [-0.2, -0.15) is 0 Å². The van der Waals surface area contributed by atoms with Crippen LogP contribution in [0, 0.1) is 0 Å². The first-order chi connectivity index (χ1) is 6.45. The van der Waals surface area contributed by atoms with Gasteiger partial charge >= 0.3 is 6.09 Å². The van der Waals surface area contributed by atoms with E-state index in [0.717, 1.165) is 24.6 Å². The zero-order valence-electron chi connectivity index (χ0n) is 9.23. The van der Waals surface area contributed by atoms with Crippen molar-refractivity contribution in [2.24, 2.45) is 0 Å². The highest BCUT2D eigenvalue weighted by Gasteiger charge is 2.15. The van der Waals surface area contributed by atoms with Gasteiger partial charge < -0.3 is 10.1 Å². The van der Waals surface area contributed by atoms with Gasteiger partial charge in [-0.25, -0.2) is 4.79 Å². The molecule has 0 aliphatic heterocycles. The fourth-order valence-corrected chi connectivity index (χ4v) is 1.30. The molecule has 14 heavy (non-hydrogen) atoms. The SMILES string of the molecule is CC(C)(C)OC(=O)NCCCCCBr. The number of amides is 1. The summed E-state index contributed by atoms with van der Waals surface area (Å²) in [5.41, 5.74) is -0.403. The number of unbranched alkanes of at least 4 members (excludes halogenated alkanes) is 2. The molecule has 0 heterocycles. The molecule has 0 bridgehead atoms. The molecule has 0 saturated carbocycles. The molecule has 0 saturated heterocycles. The molecule has 0 fully saturated rings. The van der Waals surface area contributed by atoms with Gasteiger partial charge in [0.25, 0.3) is 0 Å². The third kappa shape index (κ3) is 9.84. The number of rotatable bonds is 5. The van der Waals surface area contributed by atoms with E-state index in [0.29, 0.717) is 6.54 Å². The van der Waals surface area contributed by atoms with Crippen LogP contribution >= 0.6 is 15.9 Å². The third-order valence-electron chi connectivity index (χ3n) is 1.48. The quantitative estimate of drug-likeness (QED) is 0.613. The largest absolute Gasteiger partial charge is 0.444 e. The van der Waals surface area contributed by atoms with Crippen LogP contribution in [0.5, 0.6) is 0 Å². The monoisotopic (exact) mass is 265 g/mol. The Bertz CT molecular complexity index is 166. The van der Waals surface area contributed by atoms with Gasteiger partial charge in [0.05, 0.1) is 0 Å². The molecule has 84 valence electrons. The van der Waals surface area contributed by atoms with E-state index in [9.17, 15) is 4.79 Å². The summed E-state index contributed by atoms with van der Waals surface area (Å²) in [7, 11) is 0. The number of halogens is 1. The van der Waals surface area contributed by atoms with Gasteiger partial charge in [0.1, 0.15) is 5.60 Å². The molecule has 1 N–H and O–H groups in total. The van der Waals surface area contributed by atoms with E-state index in [-0.39, 0.29) is 6.09 Å². The van der Waals surface area contributed by atoms with Crippen molar-refractivity contribution in [3.8, 4) is 0 Å². The topological polar surface area (TPSA) is 38.3 Å². The first kappa shape index (κ1) is 13.8. The van der Waals surface area contributed by atoms with Crippen LogP contribution in [-0.2, 0) is 4.74 Å². The lowest BCUT2D eigenvalue weighted by Gasteiger charge is -2.19. The number of carbonyl (C=O) groups is 1. The van der Waals surface area contributed by atoms with Crippen LogP contribution in [0.15, 0.2) is 0 Å². The maximum Gasteiger partial charge on any atom is 0.407 e. The molecule has 0 spiro atoms. The maximum atomic E-state index is 11.1. The molecule has 0 unspecified atom stereocenters. The predicted octanol–water partition coefficient (Wildman–Crippen LogP) is 3.08. The lowest BCUT2D eigenvalue weighted by molar-refractivity contribution is 0.0527. The molecular weight excluding hydrogens is 246 g/mol. The summed E-state index contributed by atoms with van der Waals surface area (Å²) in [6.45, 7) is 6.27. The molecule has 0 aromatic rings. The Hall–Kier alpha value is -0.250. The lowest BCUT2D eigenvalue weighted by Crippen LogP contribution is -2.32. The Kier molecular flexibility index (Phi) is 6.97. The van der Waals surface area contributed by atoms with Gasteiger partial charge in [-0.05, 0) is 33.6 Å². The molecule has 3 nitrogen and oxygen atoms in total. The Morgan fingerprint density at radius 1 is 1.29 bits per heavy atom. The second-order valence-corrected chi connectivity index (χ2v) is 4.97. The molecule has 0 atom stereocenters. The van der Waals surface area contributed by atoms with Crippen molar-refractivity contribution < 1.29 is 9.53 Å². The Morgan fingerprint density at radius 3 is 2.43 bits per heavy atom. The average Bonchev–Trinajstić information content (AvgIpc) is 2.00. The van der Waals surface area contributed by atoms with Crippen LogP contribution in [0.3, 0.4) is 0 Å². The molecule has 0 aliphatic rings. The molecule has 0 radical (unpaired) electrons. The minimum Gasteiger partial charge on any atom is -0.444 e. The fraction of sp³-hybridized carbons (Fsp3) is 0.900. The van der Waals surface area contributed by atoms with E-state index in [1.54, 1.807) is 0 Å². The maximum absolute atomic E-state index is 11.1. The number of hydrogen-bond donors (Lipinski definition) is 1. The highest BCUT2D eigenvalue weighted by Crippen LogP contribution is 2.06. The Morgan fingerprint density at radius 2 is 1.93 bits per heavy atom. The highest BCUT2D eigenvalue weighted by atomic mass is 79.9. The minimum atomic E-state index is -0.403. The van der Waals surface area contributed by atoms with Crippen LogP contribution in [0.1, 0.15) is 40.0 Å². The summed E-state index contributed by atoms with van der Waals surface area (Å²) < 4.78 is 5.08. The van der Waals surface area contributed by atoms with Crippen molar-refractivity contribution >= 4 is 22.0 Å². The van der Waals surface area contributed by atoms with E-state index in [2.05, 4.69) is 21.2 Å². The van der Waals surface area contributed by atoms with Gasteiger partial charge in [0.15, 0.2) is 0 Å². The minimum absolute atomic E-state index is 0.323. The Balaban J connectivity index is 3.36. The zero-order chi connectivity index (χ0) is 11.0. The molecule has 0 aromatic carbocycles. The first-order valence-electron chi connectivity index (χ1n) is 4.98. The summed E-state index contributed by atoms with van der Waals surface area (Å²) in [5, 5.41) is 3.75. The van der Waals surface area contributed by atoms with Crippen molar-refractivity contribution in [3.05, 3.63) is 0 Å². The average molecular weight is 266 g/mol. The number of alkyl carbamates (subject to hydrolysis) is 1. The van der Waals surface area contributed by atoms with E-state index in [1.165, 1.54) is 0 Å². The molecule has 0 aromatic heterocycles. The van der Waals surface area contributed by atoms with Crippen molar-refractivity contribution in [2.75, 3.05) is 11.9 Å². The van der Waals surface area contributed by atoms with Gasteiger partial charge in [0.2, 0.25) is 0 Å². The van der Waals surface area contributed by atoms with E-state index in [1.807, 2.05) is 20.8 Å². The second-order valence-electron chi connectivity index (χ2n) is 4.18. The van der Waals surface area contributed by atoms with Crippen LogP contribution in [0.25, 0.3) is 0 Å². The smallest absolute Gasteiger partial charge is 0.407 e. The fourth-order valence-electron chi connectivity index (χ4n) is 0.901. The number of nitrogens with one attached hydrogen (secondary N) is 1. The van der Waals surface area contributed by atoms with Crippen LogP contribution in [0.4, 0.5) is 4.79 Å². The van der Waals surface area contributed by atoms with Crippen molar-refractivity contribution in [1.82, 2.24) is 5.32 Å². The van der Waals surface area contributed by atoms with Gasteiger partial charge in [-0.15, -0.1) is 0 Å². The van der Waals surface area contributed by atoms with Gasteiger partial charge in [-0.3, -0.25) is 0 Å². The zero-order valence-corrected chi connectivity index (χ0v) is 10.8. The third-order valence-corrected chi connectivity index (χ3v) is 2.04. The molecular formula is C10H20BrNO2. The van der Waals surface area contributed by atoms with Crippen molar-refractivity contribution in [2.45, 2.75) is 45.6 Å². The van der Waals surface area contributed by atoms with Crippen molar-refractivity contribution in [1.29, 1.82) is 0 Å². The molecule has 0 aliphatic carbocycles. The molecule has 0 rings (SSSR count). The summed E-state index contributed by atoms with van der Waals surface area (Å²) in [6, 6.07) is 0. The van der Waals surface area contributed by atoms with Crippen LogP contribution < -0.4 is 5.32 Å². The highest BCUT2D eigenvalue weighted by molar-refractivity contribution is 9.09. The summed E-state index contributed by atoms with van der Waals surface area (Å²) in [5.74, 6) is 0. The van der Waals surface area contributed by atoms with E-state index in [4.69, 9.17) is 4.74 Å². The molecule has 4 heteroatoms. The van der Waals surface area contributed by atoms with Gasteiger partial charge in [0, 0.05) is 11.9 Å². The van der Waals surface area contributed by atoms with E-state index >= 15 is 0 Å². The van der Waals surface area contributed by atoms with Crippen LogP contribution in [-0.4, -0.2) is 23.6 Å². The predicted molar refractivity (Wildman–Crippen MR) is 61.9 cm³/mol.